The number of rotatable bonds is 7. The second-order valence-electron chi connectivity index (χ2n) is 4.26. The molecule has 1 aromatic carbocycles. The molecule has 96 valence electrons. The van der Waals surface area contributed by atoms with E-state index in [0.29, 0.717) is 0 Å². The Hall–Kier alpha value is 0.766. The average molecular weight is 294 g/mol. The van der Waals surface area contributed by atoms with Crippen LogP contribution in [0.2, 0.25) is 0 Å². The van der Waals surface area contributed by atoms with E-state index in [2.05, 4.69) is 6.92 Å². The van der Waals surface area contributed by atoms with E-state index >= 15 is 0 Å². The molecule has 0 aromatic heterocycles. The van der Waals surface area contributed by atoms with Crippen LogP contribution in [-0.2, 0) is 16.5 Å². The Balaban J connectivity index is 0.00000289. The van der Waals surface area contributed by atoms with Crippen LogP contribution >= 0.6 is 0 Å². The van der Waals surface area contributed by atoms with Crippen molar-refractivity contribution in [2.75, 3.05) is 0 Å². The van der Waals surface area contributed by atoms with Gasteiger partial charge in [0.25, 0.3) is 0 Å². The maximum atomic E-state index is 10.7. The fourth-order valence-corrected chi connectivity index (χ4v) is 2.22. The van der Waals surface area contributed by atoms with Gasteiger partial charge in [-0.1, -0.05) is 44.7 Å². The van der Waals surface area contributed by atoms with Crippen molar-refractivity contribution in [3.05, 3.63) is 29.8 Å². The third-order valence-corrected chi connectivity index (χ3v) is 3.63. The van der Waals surface area contributed by atoms with Gasteiger partial charge in [0, 0.05) is 0 Å². The summed E-state index contributed by atoms with van der Waals surface area (Å²) in [5.74, 6) is 0. The predicted molar refractivity (Wildman–Crippen MR) is 66.9 cm³/mol. The monoisotopic (exact) mass is 294 g/mol. The van der Waals surface area contributed by atoms with Crippen LogP contribution in [0.25, 0.3) is 0 Å². The normalized spacial score (nSPS) is 11.0. The molecular formula is C13H19KO3S. The number of benzene rings is 1. The Labute approximate surface area is 153 Å². The van der Waals surface area contributed by atoms with Gasteiger partial charge in [0.05, 0.1) is 4.90 Å². The molecule has 0 atom stereocenters. The Kier molecular flexibility index (Phi) is 10.0. The molecule has 0 bridgehead atoms. The van der Waals surface area contributed by atoms with E-state index in [1.165, 1.54) is 37.8 Å². The molecular weight excluding hydrogens is 275 g/mol. The third-order valence-electron chi connectivity index (χ3n) is 2.78. The minimum atomic E-state index is -4.30. The second kappa shape index (κ2) is 9.64. The molecule has 5 heteroatoms. The van der Waals surface area contributed by atoms with Gasteiger partial charge < -0.3 is 4.55 Å². The van der Waals surface area contributed by atoms with E-state index < -0.39 is 10.1 Å². The number of hydrogen-bond donors (Lipinski definition) is 0. The molecule has 0 aliphatic heterocycles. The van der Waals surface area contributed by atoms with Crippen molar-refractivity contribution in [2.45, 2.75) is 50.3 Å². The van der Waals surface area contributed by atoms with Crippen LogP contribution in [-0.4, -0.2) is 13.0 Å². The first-order chi connectivity index (χ1) is 8.04. The van der Waals surface area contributed by atoms with Gasteiger partial charge in [-0.25, -0.2) is 8.42 Å². The van der Waals surface area contributed by atoms with Crippen LogP contribution < -0.4 is 51.4 Å². The zero-order chi connectivity index (χ0) is 12.7. The first-order valence-corrected chi connectivity index (χ1v) is 7.49. The first-order valence-electron chi connectivity index (χ1n) is 6.09. The Bertz CT molecular complexity index is 426. The van der Waals surface area contributed by atoms with Crippen molar-refractivity contribution >= 4 is 10.1 Å². The van der Waals surface area contributed by atoms with Crippen molar-refractivity contribution < 1.29 is 64.4 Å². The van der Waals surface area contributed by atoms with Gasteiger partial charge in [-0.05, 0) is 30.5 Å². The van der Waals surface area contributed by atoms with Gasteiger partial charge >= 0.3 is 51.4 Å². The molecule has 0 spiro atoms. The molecule has 0 saturated heterocycles. The Morgan fingerprint density at radius 1 is 1.00 bits per heavy atom. The standard InChI is InChI=1S/C13H20O3S.K/c1-2-3-4-5-6-7-12-8-10-13(11-9-12)17(14,15)16;/h8-11H,2-7H2,1H3,(H,14,15,16);/q;+1/p-1. The largest absolute Gasteiger partial charge is 1.00 e. The van der Waals surface area contributed by atoms with Crippen LogP contribution in [0, 0.1) is 0 Å². The summed E-state index contributed by atoms with van der Waals surface area (Å²) in [6.45, 7) is 2.18. The van der Waals surface area contributed by atoms with E-state index in [1.807, 2.05) is 0 Å². The molecule has 0 saturated carbocycles. The van der Waals surface area contributed by atoms with E-state index in [4.69, 9.17) is 0 Å². The maximum absolute atomic E-state index is 10.7. The zero-order valence-electron chi connectivity index (χ0n) is 11.2. The Morgan fingerprint density at radius 2 is 1.56 bits per heavy atom. The molecule has 18 heavy (non-hydrogen) atoms. The summed E-state index contributed by atoms with van der Waals surface area (Å²) >= 11 is 0. The molecule has 0 N–H and O–H groups in total. The molecule has 1 aromatic rings. The summed E-state index contributed by atoms with van der Waals surface area (Å²) in [7, 11) is -4.30. The first kappa shape index (κ1) is 18.8. The molecule has 1 rings (SSSR count). The zero-order valence-corrected chi connectivity index (χ0v) is 15.1. The molecule has 0 aliphatic rings. The third kappa shape index (κ3) is 7.38. The summed E-state index contributed by atoms with van der Waals surface area (Å²) in [6.07, 6.45) is 7.02. The summed E-state index contributed by atoms with van der Waals surface area (Å²) in [5.41, 5.74) is 1.09. The molecule has 0 radical (unpaired) electrons. The molecule has 0 amide bonds. The van der Waals surface area contributed by atoms with E-state index in [0.717, 1.165) is 18.4 Å². The van der Waals surface area contributed by atoms with Gasteiger partial charge in [-0.3, -0.25) is 0 Å². The molecule has 0 fully saturated rings. The van der Waals surface area contributed by atoms with Crippen LogP contribution in [0.5, 0.6) is 0 Å². The summed E-state index contributed by atoms with van der Waals surface area (Å²) in [5, 5.41) is 0. The smallest absolute Gasteiger partial charge is 0.744 e. The van der Waals surface area contributed by atoms with Gasteiger partial charge in [0.2, 0.25) is 0 Å². The summed E-state index contributed by atoms with van der Waals surface area (Å²) in [4.78, 5) is -0.146. The fourth-order valence-electron chi connectivity index (χ4n) is 1.76. The van der Waals surface area contributed by atoms with Crippen molar-refractivity contribution in [2.24, 2.45) is 0 Å². The predicted octanol–water partition coefficient (Wildman–Crippen LogP) is 0.108. The van der Waals surface area contributed by atoms with Crippen molar-refractivity contribution in [1.29, 1.82) is 0 Å². The average Bonchev–Trinajstić information content (AvgIpc) is 2.28. The molecule has 0 unspecified atom stereocenters. The number of aryl methyl sites for hydroxylation is 1. The fraction of sp³-hybridized carbons (Fsp3) is 0.538. The molecule has 0 aliphatic carbocycles. The maximum Gasteiger partial charge on any atom is 1.00 e. The van der Waals surface area contributed by atoms with E-state index in [-0.39, 0.29) is 56.3 Å². The molecule has 3 nitrogen and oxygen atoms in total. The van der Waals surface area contributed by atoms with E-state index in [9.17, 15) is 13.0 Å². The van der Waals surface area contributed by atoms with Crippen LogP contribution in [0.15, 0.2) is 29.2 Å². The van der Waals surface area contributed by atoms with Crippen molar-refractivity contribution in [3.63, 3.8) is 0 Å². The number of unbranched alkanes of at least 4 members (excludes halogenated alkanes) is 4. The summed E-state index contributed by atoms with van der Waals surface area (Å²) < 4.78 is 32.2. The van der Waals surface area contributed by atoms with Crippen LogP contribution in [0.4, 0.5) is 0 Å². The van der Waals surface area contributed by atoms with Gasteiger partial charge in [0.1, 0.15) is 10.1 Å². The van der Waals surface area contributed by atoms with Crippen LogP contribution in [0.1, 0.15) is 44.6 Å². The van der Waals surface area contributed by atoms with Gasteiger partial charge in [0.15, 0.2) is 0 Å². The minimum Gasteiger partial charge on any atom is -0.744 e. The summed E-state index contributed by atoms with van der Waals surface area (Å²) in [6, 6.07) is 6.24. The Morgan fingerprint density at radius 3 is 2.06 bits per heavy atom. The number of hydrogen-bond acceptors (Lipinski definition) is 3. The van der Waals surface area contributed by atoms with Gasteiger partial charge in [-0.2, -0.15) is 0 Å². The quantitative estimate of drug-likeness (QED) is 0.407. The minimum absolute atomic E-state index is 0. The van der Waals surface area contributed by atoms with E-state index in [1.54, 1.807) is 12.1 Å². The van der Waals surface area contributed by atoms with Gasteiger partial charge in [-0.15, -0.1) is 0 Å². The van der Waals surface area contributed by atoms with Crippen molar-refractivity contribution in [3.8, 4) is 0 Å². The van der Waals surface area contributed by atoms with Crippen LogP contribution in [0.3, 0.4) is 0 Å². The second-order valence-corrected chi connectivity index (χ2v) is 5.64. The van der Waals surface area contributed by atoms with Crippen molar-refractivity contribution in [1.82, 2.24) is 0 Å². The molecule has 0 heterocycles. The SMILES string of the molecule is CCCCCCCc1ccc(S(=O)(=O)[O-])cc1.[K+]. The topological polar surface area (TPSA) is 57.2 Å².